The first-order chi connectivity index (χ1) is 5.49. The Morgan fingerprint density at radius 2 is 2.08 bits per heavy atom. The van der Waals surface area contributed by atoms with Crippen molar-refractivity contribution in [1.29, 1.82) is 0 Å². The van der Waals surface area contributed by atoms with E-state index >= 15 is 0 Å². The van der Waals surface area contributed by atoms with Gasteiger partial charge in [0, 0.05) is 32.2 Å². The Kier molecular flexibility index (Phi) is 3.13. The standard InChI is InChI=1S/C10H22N2/c1-9-7-11-5-6-12(9)8-10(2,3)4/h9,11H,5-8H2,1-4H3. The number of hydrogen-bond acceptors (Lipinski definition) is 2. The Balaban J connectivity index is 2.39. The van der Waals surface area contributed by atoms with E-state index < -0.39 is 0 Å². The highest BCUT2D eigenvalue weighted by atomic mass is 15.2. The predicted octanol–water partition coefficient (Wildman–Crippen LogP) is 1.33. The zero-order chi connectivity index (χ0) is 9.19. The normalized spacial score (nSPS) is 27.5. The smallest absolute Gasteiger partial charge is 0.0193 e. The summed E-state index contributed by atoms with van der Waals surface area (Å²) in [6.07, 6.45) is 0. The highest BCUT2D eigenvalue weighted by Crippen LogP contribution is 2.17. The van der Waals surface area contributed by atoms with Crippen molar-refractivity contribution in [2.75, 3.05) is 26.2 Å². The van der Waals surface area contributed by atoms with Gasteiger partial charge in [-0.25, -0.2) is 0 Å². The number of hydrogen-bond donors (Lipinski definition) is 1. The zero-order valence-corrected chi connectivity index (χ0v) is 8.85. The molecule has 0 amide bonds. The summed E-state index contributed by atoms with van der Waals surface area (Å²) in [5.74, 6) is 0. The van der Waals surface area contributed by atoms with Gasteiger partial charge in [-0.3, -0.25) is 4.90 Å². The van der Waals surface area contributed by atoms with Crippen molar-refractivity contribution in [3.05, 3.63) is 0 Å². The molecule has 12 heavy (non-hydrogen) atoms. The molecule has 1 rings (SSSR count). The van der Waals surface area contributed by atoms with Gasteiger partial charge >= 0.3 is 0 Å². The molecule has 1 heterocycles. The summed E-state index contributed by atoms with van der Waals surface area (Å²) in [7, 11) is 0. The fraction of sp³-hybridized carbons (Fsp3) is 1.00. The summed E-state index contributed by atoms with van der Waals surface area (Å²) < 4.78 is 0. The van der Waals surface area contributed by atoms with Crippen molar-refractivity contribution in [2.45, 2.75) is 33.7 Å². The minimum Gasteiger partial charge on any atom is -0.314 e. The number of piperazine rings is 1. The average molecular weight is 170 g/mol. The van der Waals surface area contributed by atoms with Crippen molar-refractivity contribution >= 4 is 0 Å². The Bertz CT molecular complexity index is 137. The van der Waals surface area contributed by atoms with E-state index in [9.17, 15) is 0 Å². The van der Waals surface area contributed by atoms with Gasteiger partial charge in [-0.2, -0.15) is 0 Å². The van der Waals surface area contributed by atoms with Crippen molar-refractivity contribution in [1.82, 2.24) is 10.2 Å². The molecule has 72 valence electrons. The summed E-state index contributed by atoms with van der Waals surface area (Å²) in [6, 6.07) is 0.706. The highest BCUT2D eigenvalue weighted by Gasteiger charge is 2.22. The van der Waals surface area contributed by atoms with Crippen molar-refractivity contribution in [3.8, 4) is 0 Å². The van der Waals surface area contributed by atoms with E-state index in [0.29, 0.717) is 11.5 Å². The lowest BCUT2D eigenvalue weighted by Crippen LogP contribution is -2.52. The van der Waals surface area contributed by atoms with Gasteiger partial charge in [-0.15, -0.1) is 0 Å². The third-order valence-electron chi connectivity index (χ3n) is 2.32. The molecule has 1 aliphatic heterocycles. The number of nitrogens with zero attached hydrogens (tertiary/aromatic N) is 1. The van der Waals surface area contributed by atoms with Crippen LogP contribution in [-0.2, 0) is 0 Å². The topological polar surface area (TPSA) is 15.3 Å². The van der Waals surface area contributed by atoms with Crippen LogP contribution in [-0.4, -0.2) is 37.1 Å². The molecule has 1 fully saturated rings. The SMILES string of the molecule is CC1CNCCN1CC(C)(C)C. The Morgan fingerprint density at radius 3 is 2.58 bits per heavy atom. The molecular formula is C10H22N2. The van der Waals surface area contributed by atoms with Gasteiger partial charge < -0.3 is 5.32 Å². The quantitative estimate of drug-likeness (QED) is 0.638. The second-order valence-corrected chi connectivity index (χ2v) is 5.08. The molecule has 2 heteroatoms. The summed E-state index contributed by atoms with van der Waals surface area (Å²) >= 11 is 0. The molecule has 0 aromatic heterocycles. The fourth-order valence-corrected chi connectivity index (χ4v) is 1.73. The second-order valence-electron chi connectivity index (χ2n) is 5.08. The van der Waals surface area contributed by atoms with Crippen LogP contribution in [0.5, 0.6) is 0 Å². The summed E-state index contributed by atoms with van der Waals surface area (Å²) in [5, 5.41) is 3.41. The summed E-state index contributed by atoms with van der Waals surface area (Å²) in [4.78, 5) is 2.58. The van der Waals surface area contributed by atoms with Gasteiger partial charge in [0.15, 0.2) is 0 Å². The van der Waals surface area contributed by atoms with Gasteiger partial charge in [0.05, 0.1) is 0 Å². The van der Waals surface area contributed by atoms with E-state index in [1.807, 2.05) is 0 Å². The Hall–Kier alpha value is -0.0800. The molecule has 1 unspecified atom stereocenters. The minimum absolute atomic E-state index is 0.436. The Morgan fingerprint density at radius 1 is 1.42 bits per heavy atom. The van der Waals surface area contributed by atoms with E-state index in [4.69, 9.17) is 0 Å². The van der Waals surface area contributed by atoms with Gasteiger partial charge in [0.2, 0.25) is 0 Å². The largest absolute Gasteiger partial charge is 0.314 e. The van der Waals surface area contributed by atoms with Crippen LogP contribution < -0.4 is 5.32 Å². The van der Waals surface area contributed by atoms with Crippen LogP contribution in [0, 0.1) is 5.41 Å². The molecular weight excluding hydrogens is 148 g/mol. The molecule has 0 saturated carbocycles. The molecule has 0 bridgehead atoms. The molecule has 0 spiro atoms. The van der Waals surface area contributed by atoms with Crippen molar-refractivity contribution in [2.24, 2.45) is 5.41 Å². The zero-order valence-electron chi connectivity index (χ0n) is 8.85. The second kappa shape index (κ2) is 3.75. The van der Waals surface area contributed by atoms with Crippen LogP contribution in [0.3, 0.4) is 0 Å². The van der Waals surface area contributed by atoms with E-state index in [-0.39, 0.29) is 0 Å². The molecule has 1 N–H and O–H groups in total. The molecule has 2 nitrogen and oxygen atoms in total. The van der Waals surface area contributed by atoms with E-state index in [2.05, 4.69) is 37.9 Å². The van der Waals surface area contributed by atoms with Crippen LogP contribution in [0.25, 0.3) is 0 Å². The lowest BCUT2D eigenvalue weighted by Gasteiger charge is -2.38. The lowest BCUT2D eigenvalue weighted by molar-refractivity contribution is 0.123. The fourth-order valence-electron chi connectivity index (χ4n) is 1.73. The molecule has 0 aromatic rings. The van der Waals surface area contributed by atoms with Crippen LogP contribution in [0.4, 0.5) is 0 Å². The van der Waals surface area contributed by atoms with Gasteiger partial charge in [0.1, 0.15) is 0 Å². The first-order valence-corrected chi connectivity index (χ1v) is 4.94. The van der Waals surface area contributed by atoms with E-state index in [1.165, 1.54) is 13.1 Å². The molecule has 1 aliphatic rings. The molecule has 0 aliphatic carbocycles. The lowest BCUT2D eigenvalue weighted by atomic mass is 9.95. The molecule has 0 radical (unpaired) electrons. The molecule has 0 aromatic carbocycles. The van der Waals surface area contributed by atoms with Crippen molar-refractivity contribution < 1.29 is 0 Å². The van der Waals surface area contributed by atoms with Crippen molar-refractivity contribution in [3.63, 3.8) is 0 Å². The van der Waals surface area contributed by atoms with Crippen LogP contribution >= 0.6 is 0 Å². The maximum atomic E-state index is 3.41. The van der Waals surface area contributed by atoms with E-state index in [1.54, 1.807) is 0 Å². The number of nitrogens with one attached hydrogen (secondary N) is 1. The molecule has 1 atom stereocenters. The van der Waals surface area contributed by atoms with Crippen LogP contribution in [0.15, 0.2) is 0 Å². The van der Waals surface area contributed by atoms with Gasteiger partial charge in [-0.05, 0) is 12.3 Å². The van der Waals surface area contributed by atoms with Crippen LogP contribution in [0.1, 0.15) is 27.7 Å². The first kappa shape index (κ1) is 10.0. The third kappa shape index (κ3) is 3.11. The summed E-state index contributed by atoms with van der Waals surface area (Å²) in [6.45, 7) is 14.0. The van der Waals surface area contributed by atoms with Gasteiger partial charge in [-0.1, -0.05) is 20.8 Å². The monoisotopic (exact) mass is 170 g/mol. The average Bonchev–Trinajstić information content (AvgIpc) is 1.91. The van der Waals surface area contributed by atoms with Gasteiger partial charge in [0.25, 0.3) is 0 Å². The summed E-state index contributed by atoms with van der Waals surface area (Å²) in [5.41, 5.74) is 0.436. The van der Waals surface area contributed by atoms with E-state index in [0.717, 1.165) is 13.1 Å². The highest BCUT2D eigenvalue weighted by molar-refractivity contribution is 4.79. The predicted molar refractivity (Wildman–Crippen MR) is 53.4 cm³/mol. The van der Waals surface area contributed by atoms with Crippen LogP contribution in [0.2, 0.25) is 0 Å². The first-order valence-electron chi connectivity index (χ1n) is 4.94. The third-order valence-corrected chi connectivity index (χ3v) is 2.32. The maximum Gasteiger partial charge on any atom is 0.0193 e. The number of rotatable bonds is 1. The molecule has 1 saturated heterocycles. The minimum atomic E-state index is 0.436. The maximum absolute atomic E-state index is 3.41. The Labute approximate surface area is 76.3 Å².